The number of para-hydroxylation sites is 1. The summed E-state index contributed by atoms with van der Waals surface area (Å²) in [6, 6.07) is 28.9. The Bertz CT molecular complexity index is 1780. The van der Waals surface area contributed by atoms with Gasteiger partial charge in [0.1, 0.15) is 17.8 Å². The van der Waals surface area contributed by atoms with E-state index >= 15 is 0 Å². The van der Waals surface area contributed by atoms with E-state index in [2.05, 4.69) is 26.7 Å². The number of nitrogens with one attached hydrogen (secondary N) is 2. The minimum atomic E-state index is -0.629. The van der Waals surface area contributed by atoms with Gasteiger partial charge in [-0.25, -0.2) is 9.97 Å². The number of benzene rings is 4. The maximum Gasteiger partial charge on any atom is 0.353 e. The van der Waals surface area contributed by atoms with Crippen molar-refractivity contribution in [2.45, 2.75) is 12.8 Å². The van der Waals surface area contributed by atoms with Gasteiger partial charge in [-0.1, -0.05) is 59.6 Å². The molecule has 0 saturated carbocycles. The van der Waals surface area contributed by atoms with Crippen LogP contribution in [0.3, 0.4) is 0 Å². The van der Waals surface area contributed by atoms with Crippen LogP contribution < -0.4 is 15.4 Å². The van der Waals surface area contributed by atoms with E-state index in [0.717, 1.165) is 5.56 Å². The van der Waals surface area contributed by atoms with E-state index < -0.39 is 10.8 Å². The first-order valence-corrected chi connectivity index (χ1v) is 13.4. The smallest absolute Gasteiger partial charge is 0.353 e. The molecule has 1 heterocycles. The largest absolute Gasteiger partial charge is 0.457 e. The first kappa shape index (κ1) is 28.4. The van der Waals surface area contributed by atoms with Gasteiger partial charge in [0, 0.05) is 21.4 Å². The zero-order chi connectivity index (χ0) is 29.6. The summed E-state index contributed by atoms with van der Waals surface area (Å²) in [5.41, 5.74) is 2.76. The number of anilines is 4. The normalized spacial score (nSPS) is 11.3. The Balaban J connectivity index is 1.39. The molecule has 0 radical (unpaired) electrons. The average Bonchev–Trinajstić information content (AvgIpc) is 2.98. The SMILES string of the molecule is Cc1cc(C(C#N)c2ccc(Cl)cc2)c(Cl)cc1Nc1ncnc(Nc2ccc(Oc3ccccc3)cc2)c1[N+](=O)[O-]. The van der Waals surface area contributed by atoms with E-state index in [4.69, 9.17) is 27.9 Å². The molecular formula is C31H22Cl2N6O3. The molecule has 1 aromatic heterocycles. The van der Waals surface area contributed by atoms with Gasteiger partial charge in [0.25, 0.3) is 0 Å². The predicted molar refractivity (Wildman–Crippen MR) is 163 cm³/mol. The van der Waals surface area contributed by atoms with Crippen LogP contribution in [-0.2, 0) is 0 Å². The van der Waals surface area contributed by atoms with Crippen molar-refractivity contribution in [2.24, 2.45) is 0 Å². The number of nitriles is 1. The molecule has 2 N–H and O–H groups in total. The summed E-state index contributed by atoms with van der Waals surface area (Å²) >= 11 is 12.6. The fourth-order valence-electron chi connectivity index (χ4n) is 4.27. The second-order valence-corrected chi connectivity index (χ2v) is 10.0. The highest BCUT2D eigenvalue weighted by atomic mass is 35.5. The number of rotatable bonds is 9. The Kier molecular flexibility index (Phi) is 8.48. The van der Waals surface area contributed by atoms with Crippen LogP contribution in [0.25, 0.3) is 0 Å². The highest BCUT2D eigenvalue weighted by Gasteiger charge is 2.25. The fraction of sp³-hybridized carbons (Fsp3) is 0.0645. The summed E-state index contributed by atoms with van der Waals surface area (Å²) < 4.78 is 5.81. The zero-order valence-electron chi connectivity index (χ0n) is 22.1. The first-order chi connectivity index (χ1) is 20.3. The van der Waals surface area contributed by atoms with Crippen LogP contribution >= 0.6 is 23.2 Å². The summed E-state index contributed by atoms with van der Waals surface area (Å²) in [6.07, 6.45) is 1.22. The molecule has 0 aliphatic carbocycles. The molecule has 4 aromatic carbocycles. The Morgan fingerprint density at radius 3 is 2.19 bits per heavy atom. The van der Waals surface area contributed by atoms with Gasteiger partial charge >= 0.3 is 5.69 Å². The van der Waals surface area contributed by atoms with E-state index in [1.165, 1.54) is 6.33 Å². The van der Waals surface area contributed by atoms with Crippen molar-refractivity contribution < 1.29 is 9.66 Å². The molecule has 11 heteroatoms. The van der Waals surface area contributed by atoms with E-state index in [1.807, 2.05) is 37.3 Å². The van der Waals surface area contributed by atoms with Gasteiger partial charge in [0.05, 0.1) is 16.9 Å². The van der Waals surface area contributed by atoms with Crippen LogP contribution in [-0.4, -0.2) is 14.9 Å². The van der Waals surface area contributed by atoms with Gasteiger partial charge in [0.2, 0.25) is 11.6 Å². The van der Waals surface area contributed by atoms with Crippen LogP contribution in [0.15, 0.2) is 97.3 Å². The Hall–Kier alpha value is -5.17. The lowest BCUT2D eigenvalue weighted by Gasteiger charge is -2.17. The summed E-state index contributed by atoms with van der Waals surface area (Å²) in [5.74, 6) is 0.648. The maximum atomic E-state index is 12.1. The molecule has 5 rings (SSSR count). The van der Waals surface area contributed by atoms with Crippen LogP contribution in [0.2, 0.25) is 10.0 Å². The molecule has 5 aromatic rings. The van der Waals surface area contributed by atoms with Gasteiger partial charge < -0.3 is 15.4 Å². The number of hydrogen-bond donors (Lipinski definition) is 2. The number of aryl methyl sites for hydroxylation is 1. The third-order valence-electron chi connectivity index (χ3n) is 6.34. The van der Waals surface area contributed by atoms with Crippen molar-refractivity contribution >= 4 is 51.9 Å². The topological polar surface area (TPSA) is 126 Å². The standard InChI is InChI=1S/C31H22Cl2N6O3/c1-19-15-25(26(17-34)20-7-9-21(32)10-8-20)27(33)16-28(19)38-31-29(39(40)41)30(35-18-36-31)37-22-11-13-24(14-12-22)42-23-5-3-2-4-6-23/h2-16,18,26H,1H3,(H2,35,36,37,38). The molecule has 208 valence electrons. The number of aromatic nitrogens is 2. The van der Waals surface area contributed by atoms with Crippen LogP contribution in [0.1, 0.15) is 22.6 Å². The minimum absolute atomic E-state index is 0.00174. The van der Waals surface area contributed by atoms with Crippen molar-refractivity contribution in [2.75, 3.05) is 10.6 Å². The number of nitro groups is 1. The van der Waals surface area contributed by atoms with Crippen molar-refractivity contribution in [3.05, 3.63) is 134 Å². The molecule has 1 atom stereocenters. The second-order valence-electron chi connectivity index (χ2n) is 9.17. The third kappa shape index (κ3) is 6.41. The van der Waals surface area contributed by atoms with Crippen LogP contribution in [0.4, 0.5) is 28.7 Å². The third-order valence-corrected chi connectivity index (χ3v) is 6.92. The highest BCUT2D eigenvalue weighted by Crippen LogP contribution is 2.38. The quantitative estimate of drug-likeness (QED) is 0.127. The molecular weight excluding hydrogens is 575 g/mol. The summed E-state index contributed by atoms with van der Waals surface area (Å²) in [6.45, 7) is 1.81. The summed E-state index contributed by atoms with van der Waals surface area (Å²) in [5, 5.41) is 28.9. The van der Waals surface area contributed by atoms with Gasteiger partial charge in [-0.15, -0.1) is 0 Å². The first-order valence-electron chi connectivity index (χ1n) is 12.6. The lowest BCUT2D eigenvalue weighted by atomic mass is 9.91. The Labute approximate surface area is 251 Å². The van der Waals surface area contributed by atoms with Gasteiger partial charge in [-0.2, -0.15) is 5.26 Å². The average molecular weight is 597 g/mol. The van der Waals surface area contributed by atoms with Crippen LogP contribution in [0.5, 0.6) is 11.5 Å². The number of hydrogen-bond acceptors (Lipinski definition) is 8. The molecule has 0 aliphatic rings. The van der Waals surface area contributed by atoms with Gasteiger partial charge in [-0.3, -0.25) is 10.1 Å². The van der Waals surface area contributed by atoms with Gasteiger partial charge in [-0.05, 0) is 78.2 Å². The molecule has 0 aliphatic heterocycles. The summed E-state index contributed by atoms with van der Waals surface area (Å²) in [4.78, 5) is 19.8. The highest BCUT2D eigenvalue weighted by molar-refractivity contribution is 6.32. The molecule has 9 nitrogen and oxygen atoms in total. The van der Waals surface area contributed by atoms with E-state index in [0.29, 0.717) is 44.0 Å². The molecule has 0 fully saturated rings. The van der Waals surface area contributed by atoms with Crippen molar-refractivity contribution in [1.29, 1.82) is 5.26 Å². The van der Waals surface area contributed by atoms with Crippen molar-refractivity contribution in [1.82, 2.24) is 9.97 Å². The molecule has 0 spiro atoms. The molecule has 0 saturated heterocycles. The van der Waals surface area contributed by atoms with Gasteiger partial charge in [0.15, 0.2) is 0 Å². The number of ether oxygens (including phenoxy) is 1. The zero-order valence-corrected chi connectivity index (χ0v) is 23.6. The lowest BCUT2D eigenvalue weighted by molar-refractivity contribution is -0.383. The number of nitrogens with zero attached hydrogens (tertiary/aromatic N) is 4. The monoisotopic (exact) mass is 596 g/mol. The molecule has 0 amide bonds. The lowest BCUT2D eigenvalue weighted by Crippen LogP contribution is -2.07. The second kappa shape index (κ2) is 12.6. The Morgan fingerprint density at radius 1 is 0.905 bits per heavy atom. The van der Waals surface area contributed by atoms with Crippen LogP contribution in [0, 0.1) is 28.4 Å². The predicted octanol–water partition coefficient (Wildman–Crippen LogP) is 8.93. The molecule has 1 unspecified atom stereocenters. The summed E-state index contributed by atoms with van der Waals surface area (Å²) in [7, 11) is 0. The molecule has 0 bridgehead atoms. The van der Waals surface area contributed by atoms with E-state index in [9.17, 15) is 15.4 Å². The number of halogens is 2. The minimum Gasteiger partial charge on any atom is -0.457 e. The van der Waals surface area contributed by atoms with Crippen molar-refractivity contribution in [3.8, 4) is 17.6 Å². The fourth-order valence-corrected chi connectivity index (χ4v) is 4.67. The Morgan fingerprint density at radius 2 is 1.55 bits per heavy atom. The van der Waals surface area contributed by atoms with E-state index in [-0.39, 0.29) is 17.3 Å². The maximum absolute atomic E-state index is 12.1. The van der Waals surface area contributed by atoms with Crippen molar-refractivity contribution in [3.63, 3.8) is 0 Å². The van der Waals surface area contributed by atoms with E-state index in [1.54, 1.807) is 60.7 Å². The molecule has 42 heavy (non-hydrogen) atoms.